The van der Waals surface area contributed by atoms with Crippen LogP contribution in [0.3, 0.4) is 0 Å². The highest BCUT2D eigenvalue weighted by atomic mass is 32.2. The van der Waals surface area contributed by atoms with Crippen LogP contribution in [-0.2, 0) is 16.4 Å². The van der Waals surface area contributed by atoms with Crippen LogP contribution in [0.1, 0.15) is 18.4 Å². The van der Waals surface area contributed by atoms with Crippen molar-refractivity contribution in [1.82, 2.24) is 10.2 Å². The minimum absolute atomic E-state index is 0.402. The first-order chi connectivity index (χ1) is 9.47. The largest absolute Gasteiger partial charge is 0.316 e. The molecule has 0 aliphatic carbocycles. The molecule has 1 aromatic rings. The van der Waals surface area contributed by atoms with Crippen LogP contribution in [0.15, 0.2) is 29.2 Å². The molecule has 2 saturated heterocycles. The Morgan fingerprint density at radius 1 is 1.25 bits per heavy atom. The number of sulfone groups is 1. The van der Waals surface area contributed by atoms with Crippen molar-refractivity contribution < 1.29 is 8.42 Å². The highest BCUT2D eigenvalue weighted by molar-refractivity contribution is 7.90. The molecule has 2 heterocycles. The molecule has 2 fully saturated rings. The molecule has 2 aliphatic rings. The van der Waals surface area contributed by atoms with Crippen molar-refractivity contribution >= 4 is 9.84 Å². The van der Waals surface area contributed by atoms with Gasteiger partial charge in [0, 0.05) is 25.9 Å². The molecule has 0 radical (unpaired) electrons. The van der Waals surface area contributed by atoms with Crippen LogP contribution in [0.4, 0.5) is 0 Å². The maximum Gasteiger partial charge on any atom is 0.175 e. The van der Waals surface area contributed by atoms with E-state index >= 15 is 0 Å². The normalized spacial score (nSPS) is 27.4. The molecule has 0 bridgehead atoms. The van der Waals surface area contributed by atoms with Gasteiger partial charge < -0.3 is 5.32 Å². The lowest BCUT2D eigenvalue weighted by atomic mass is 9.87. The predicted octanol–water partition coefficient (Wildman–Crippen LogP) is 1.28. The Bertz CT molecular complexity index is 574. The van der Waals surface area contributed by atoms with E-state index in [2.05, 4.69) is 10.2 Å². The van der Waals surface area contributed by atoms with Gasteiger partial charge in [-0.05, 0) is 49.0 Å². The number of rotatable bonds is 3. The van der Waals surface area contributed by atoms with Crippen LogP contribution in [-0.4, -0.2) is 45.8 Å². The summed E-state index contributed by atoms with van der Waals surface area (Å²) in [5, 5.41) is 3.47. The van der Waals surface area contributed by atoms with Gasteiger partial charge in [-0.1, -0.05) is 12.1 Å². The van der Waals surface area contributed by atoms with Gasteiger partial charge >= 0.3 is 0 Å². The van der Waals surface area contributed by atoms with Crippen molar-refractivity contribution in [3.05, 3.63) is 29.8 Å². The minimum Gasteiger partial charge on any atom is -0.316 e. The summed E-state index contributed by atoms with van der Waals surface area (Å²) < 4.78 is 22.9. The van der Waals surface area contributed by atoms with Gasteiger partial charge in [-0.2, -0.15) is 0 Å². The van der Waals surface area contributed by atoms with Gasteiger partial charge in [0.2, 0.25) is 0 Å². The zero-order valence-corrected chi connectivity index (χ0v) is 12.7. The Balaban J connectivity index is 1.64. The molecule has 0 saturated carbocycles. The molecule has 1 unspecified atom stereocenters. The maximum absolute atomic E-state index is 11.4. The summed E-state index contributed by atoms with van der Waals surface area (Å²) >= 11 is 0. The molecular weight excluding hydrogens is 272 g/mol. The summed E-state index contributed by atoms with van der Waals surface area (Å²) in [6, 6.07) is 7.31. The Morgan fingerprint density at radius 3 is 2.60 bits per heavy atom. The molecule has 20 heavy (non-hydrogen) atoms. The van der Waals surface area contributed by atoms with Crippen molar-refractivity contribution in [2.24, 2.45) is 5.41 Å². The minimum atomic E-state index is -3.09. The second kappa shape index (κ2) is 5.13. The third kappa shape index (κ3) is 2.90. The van der Waals surface area contributed by atoms with Gasteiger partial charge in [-0.3, -0.25) is 4.90 Å². The molecule has 1 N–H and O–H groups in total. The Morgan fingerprint density at radius 2 is 2.00 bits per heavy atom. The molecule has 2 aliphatic heterocycles. The van der Waals surface area contributed by atoms with Crippen LogP contribution >= 0.6 is 0 Å². The predicted molar refractivity (Wildman–Crippen MR) is 79.4 cm³/mol. The van der Waals surface area contributed by atoms with E-state index < -0.39 is 9.84 Å². The molecule has 3 rings (SSSR count). The Labute approximate surface area is 121 Å². The van der Waals surface area contributed by atoms with Gasteiger partial charge in [0.05, 0.1) is 4.90 Å². The van der Waals surface area contributed by atoms with Crippen molar-refractivity contribution in [1.29, 1.82) is 0 Å². The monoisotopic (exact) mass is 294 g/mol. The Kier molecular flexibility index (Phi) is 3.60. The van der Waals surface area contributed by atoms with E-state index in [1.165, 1.54) is 24.7 Å². The zero-order chi connectivity index (χ0) is 14.2. The van der Waals surface area contributed by atoms with Crippen LogP contribution in [0.2, 0.25) is 0 Å². The van der Waals surface area contributed by atoms with Gasteiger partial charge in [0.1, 0.15) is 0 Å². The fourth-order valence-corrected chi connectivity index (χ4v) is 4.04. The molecule has 5 heteroatoms. The van der Waals surface area contributed by atoms with E-state index in [1.807, 2.05) is 12.1 Å². The standard InChI is InChI=1S/C15H22N2O2S/c1-20(18,19)14-4-2-13(3-5-14)10-17-9-7-15(12-17)6-8-16-11-15/h2-5,16H,6-12H2,1H3. The number of nitrogens with one attached hydrogen (secondary N) is 1. The summed E-state index contributed by atoms with van der Waals surface area (Å²) in [6.45, 7) is 5.53. The molecule has 0 amide bonds. The molecule has 110 valence electrons. The third-order valence-corrected chi connectivity index (χ3v) is 5.74. The highest BCUT2D eigenvalue weighted by Crippen LogP contribution is 2.36. The number of likely N-dealkylation sites (tertiary alicyclic amines) is 1. The second-order valence-electron chi connectivity index (χ2n) is 6.30. The van der Waals surface area contributed by atoms with E-state index in [0.717, 1.165) is 32.7 Å². The van der Waals surface area contributed by atoms with E-state index in [9.17, 15) is 8.42 Å². The number of hydrogen-bond acceptors (Lipinski definition) is 4. The van der Waals surface area contributed by atoms with Crippen LogP contribution in [0, 0.1) is 5.41 Å². The molecular formula is C15H22N2O2S. The SMILES string of the molecule is CS(=O)(=O)c1ccc(CN2CCC3(CCNC3)C2)cc1. The van der Waals surface area contributed by atoms with E-state index in [1.54, 1.807) is 12.1 Å². The van der Waals surface area contributed by atoms with Crippen molar-refractivity contribution in [2.75, 3.05) is 32.4 Å². The maximum atomic E-state index is 11.4. The average molecular weight is 294 g/mol. The van der Waals surface area contributed by atoms with E-state index in [4.69, 9.17) is 0 Å². The Hall–Kier alpha value is -0.910. The lowest BCUT2D eigenvalue weighted by Gasteiger charge is -2.22. The van der Waals surface area contributed by atoms with E-state index in [0.29, 0.717) is 10.3 Å². The number of hydrogen-bond donors (Lipinski definition) is 1. The lowest BCUT2D eigenvalue weighted by molar-refractivity contribution is 0.268. The number of benzene rings is 1. The summed E-state index contributed by atoms with van der Waals surface area (Å²) in [5.41, 5.74) is 1.69. The highest BCUT2D eigenvalue weighted by Gasteiger charge is 2.39. The third-order valence-electron chi connectivity index (χ3n) is 4.61. The van der Waals surface area contributed by atoms with E-state index in [-0.39, 0.29) is 0 Å². The van der Waals surface area contributed by atoms with Gasteiger partial charge in [-0.25, -0.2) is 8.42 Å². The van der Waals surface area contributed by atoms with Gasteiger partial charge in [0.15, 0.2) is 9.84 Å². The first-order valence-corrected chi connectivity index (χ1v) is 9.08. The topological polar surface area (TPSA) is 49.4 Å². The number of nitrogens with zero attached hydrogens (tertiary/aromatic N) is 1. The molecule has 1 atom stereocenters. The van der Waals surface area contributed by atoms with Crippen molar-refractivity contribution in [3.63, 3.8) is 0 Å². The first-order valence-electron chi connectivity index (χ1n) is 7.19. The molecule has 1 spiro atoms. The van der Waals surface area contributed by atoms with Crippen molar-refractivity contribution in [2.45, 2.75) is 24.3 Å². The quantitative estimate of drug-likeness (QED) is 0.912. The van der Waals surface area contributed by atoms with Crippen LogP contribution < -0.4 is 5.32 Å². The fraction of sp³-hybridized carbons (Fsp3) is 0.600. The summed E-state index contributed by atoms with van der Waals surface area (Å²) in [6.07, 6.45) is 3.82. The summed E-state index contributed by atoms with van der Waals surface area (Å²) in [4.78, 5) is 2.89. The molecule has 0 aromatic heterocycles. The summed E-state index contributed by atoms with van der Waals surface area (Å²) in [5.74, 6) is 0. The average Bonchev–Trinajstić information content (AvgIpc) is 3.00. The fourth-order valence-electron chi connectivity index (χ4n) is 3.41. The molecule has 1 aromatic carbocycles. The van der Waals surface area contributed by atoms with Gasteiger partial charge in [-0.15, -0.1) is 0 Å². The zero-order valence-electron chi connectivity index (χ0n) is 11.9. The smallest absolute Gasteiger partial charge is 0.175 e. The van der Waals surface area contributed by atoms with Crippen LogP contribution in [0.25, 0.3) is 0 Å². The summed E-state index contributed by atoms with van der Waals surface area (Å²) in [7, 11) is -3.09. The first kappa shape index (κ1) is 14.0. The second-order valence-corrected chi connectivity index (χ2v) is 8.32. The lowest BCUT2D eigenvalue weighted by Crippen LogP contribution is -2.28. The van der Waals surface area contributed by atoms with Crippen LogP contribution in [0.5, 0.6) is 0 Å². The molecule has 4 nitrogen and oxygen atoms in total. The van der Waals surface area contributed by atoms with Gasteiger partial charge in [0.25, 0.3) is 0 Å². The van der Waals surface area contributed by atoms with Crippen molar-refractivity contribution in [3.8, 4) is 0 Å².